The summed E-state index contributed by atoms with van der Waals surface area (Å²) in [6.07, 6.45) is -5.50. The van der Waals surface area contributed by atoms with Gasteiger partial charge in [-0.25, -0.2) is 9.18 Å². The van der Waals surface area contributed by atoms with Crippen LogP contribution in [0.1, 0.15) is 26.9 Å². The Labute approximate surface area is 136 Å². The summed E-state index contributed by atoms with van der Waals surface area (Å²) in [7, 11) is 0. The van der Waals surface area contributed by atoms with Crippen molar-refractivity contribution in [3.05, 3.63) is 39.8 Å². The van der Waals surface area contributed by atoms with Gasteiger partial charge in [-0.15, -0.1) is 11.3 Å². The van der Waals surface area contributed by atoms with Crippen LogP contribution >= 0.6 is 11.3 Å². The van der Waals surface area contributed by atoms with Crippen LogP contribution in [-0.4, -0.2) is 23.2 Å². The molecule has 0 saturated heterocycles. The molecule has 2 N–H and O–H groups in total. The van der Waals surface area contributed by atoms with Crippen LogP contribution in [0.3, 0.4) is 0 Å². The zero-order valence-corrected chi connectivity index (χ0v) is 12.6. The van der Waals surface area contributed by atoms with E-state index in [1.165, 1.54) is 12.1 Å². The van der Waals surface area contributed by atoms with Gasteiger partial charge in [-0.05, 0) is 17.7 Å². The van der Waals surface area contributed by atoms with Crippen molar-refractivity contribution in [3.63, 3.8) is 0 Å². The van der Waals surface area contributed by atoms with E-state index < -0.39 is 36.2 Å². The Morgan fingerprint density at radius 1 is 1.33 bits per heavy atom. The molecule has 0 saturated carbocycles. The van der Waals surface area contributed by atoms with Crippen LogP contribution in [0.5, 0.6) is 0 Å². The SMILES string of the molecule is O=C1C[C@H](C(F)(F)F)c2sc(C(=O)O)c(-c3cccc(F)c3)c2N1. The number of benzene rings is 1. The van der Waals surface area contributed by atoms with E-state index in [0.717, 1.165) is 12.1 Å². The van der Waals surface area contributed by atoms with E-state index in [-0.39, 0.29) is 26.6 Å². The number of rotatable bonds is 2. The fourth-order valence-electron chi connectivity index (χ4n) is 2.62. The minimum Gasteiger partial charge on any atom is -0.477 e. The van der Waals surface area contributed by atoms with E-state index in [2.05, 4.69) is 5.32 Å². The van der Waals surface area contributed by atoms with E-state index in [1.807, 2.05) is 0 Å². The first-order chi connectivity index (χ1) is 11.2. The van der Waals surface area contributed by atoms with E-state index in [9.17, 15) is 32.3 Å². The zero-order chi connectivity index (χ0) is 17.6. The molecule has 0 aliphatic carbocycles. The number of halogens is 4. The van der Waals surface area contributed by atoms with Gasteiger partial charge in [-0.3, -0.25) is 4.79 Å². The van der Waals surface area contributed by atoms with Gasteiger partial charge in [0.2, 0.25) is 5.91 Å². The summed E-state index contributed by atoms with van der Waals surface area (Å²) in [6, 6.07) is 4.82. The normalized spacial score (nSPS) is 17.3. The molecule has 2 heterocycles. The predicted octanol–water partition coefficient (Wildman–Crippen LogP) is 4.24. The van der Waals surface area contributed by atoms with Crippen LogP contribution in [0.25, 0.3) is 11.1 Å². The summed E-state index contributed by atoms with van der Waals surface area (Å²) >= 11 is 0.451. The second-order valence-corrected chi connectivity index (χ2v) is 6.26. The standard InChI is InChI=1S/C15H9F4NO3S/c16-7-3-1-2-6(4-7)10-11-12(24-13(10)14(22)23)8(15(17,18)19)5-9(21)20-11/h1-4,8H,5H2,(H,20,21)(H,22,23)/t8-/m0/s1. The Hall–Kier alpha value is -2.42. The van der Waals surface area contributed by atoms with Crippen molar-refractivity contribution in [2.45, 2.75) is 18.5 Å². The highest BCUT2D eigenvalue weighted by atomic mass is 32.1. The molecule has 126 valence electrons. The Kier molecular flexibility index (Phi) is 3.83. The largest absolute Gasteiger partial charge is 0.477 e. The molecule has 3 rings (SSSR count). The predicted molar refractivity (Wildman–Crippen MR) is 78.7 cm³/mol. The Morgan fingerprint density at radius 3 is 2.62 bits per heavy atom. The highest BCUT2D eigenvalue weighted by Crippen LogP contribution is 2.52. The average molecular weight is 359 g/mol. The fourth-order valence-corrected chi connectivity index (χ4v) is 3.86. The highest BCUT2D eigenvalue weighted by molar-refractivity contribution is 7.15. The maximum atomic E-state index is 13.5. The van der Waals surface area contributed by atoms with Gasteiger partial charge in [0.1, 0.15) is 16.6 Å². The third-order valence-electron chi connectivity index (χ3n) is 3.61. The molecule has 1 aliphatic rings. The number of carboxylic acids is 1. The maximum absolute atomic E-state index is 13.5. The lowest BCUT2D eigenvalue weighted by atomic mass is 9.93. The molecular formula is C15H9F4NO3S. The summed E-state index contributed by atoms with van der Waals surface area (Å²) in [6.45, 7) is 0. The monoisotopic (exact) mass is 359 g/mol. The molecule has 0 unspecified atom stereocenters. The molecule has 1 aromatic carbocycles. The number of fused-ring (bicyclic) bond motifs is 1. The van der Waals surface area contributed by atoms with E-state index in [1.54, 1.807) is 0 Å². The number of hydrogen-bond acceptors (Lipinski definition) is 3. The van der Waals surface area contributed by atoms with Crippen LogP contribution in [0.4, 0.5) is 23.2 Å². The molecule has 9 heteroatoms. The Bertz CT molecular complexity index is 844. The van der Waals surface area contributed by atoms with Crippen LogP contribution in [-0.2, 0) is 4.79 Å². The zero-order valence-electron chi connectivity index (χ0n) is 11.8. The van der Waals surface area contributed by atoms with Crippen molar-refractivity contribution in [2.75, 3.05) is 5.32 Å². The third kappa shape index (κ3) is 2.75. The molecule has 1 aromatic heterocycles. The van der Waals surface area contributed by atoms with Crippen molar-refractivity contribution in [3.8, 4) is 11.1 Å². The molecule has 1 amide bonds. The first-order valence-electron chi connectivity index (χ1n) is 6.71. The van der Waals surface area contributed by atoms with Crippen molar-refractivity contribution >= 4 is 28.9 Å². The van der Waals surface area contributed by atoms with Gasteiger partial charge in [0, 0.05) is 16.9 Å². The van der Waals surface area contributed by atoms with Crippen molar-refractivity contribution in [1.82, 2.24) is 0 Å². The van der Waals surface area contributed by atoms with Crippen molar-refractivity contribution in [1.29, 1.82) is 0 Å². The number of alkyl halides is 3. The molecule has 1 atom stereocenters. The van der Waals surface area contributed by atoms with Crippen LogP contribution in [0.15, 0.2) is 24.3 Å². The minimum atomic E-state index is -4.69. The Morgan fingerprint density at radius 2 is 2.04 bits per heavy atom. The molecule has 0 spiro atoms. The maximum Gasteiger partial charge on any atom is 0.397 e. The average Bonchev–Trinajstić information content (AvgIpc) is 2.84. The smallest absolute Gasteiger partial charge is 0.397 e. The first-order valence-corrected chi connectivity index (χ1v) is 7.52. The molecule has 24 heavy (non-hydrogen) atoms. The van der Waals surface area contributed by atoms with Crippen LogP contribution in [0.2, 0.25) is 0 Å². The van der Waals surface area contributed by atoms with Gasteiger partial charge in [0.15, 0.2) is 0 Å². The number of thiophene rings is 1. The van der Waals surface area contributed by atoms with Gasteiger partial charge in [0.05, 0.1) is 5.69 Å². The molecule has 2 aromatic rings. The lowest BCUT2D eigenvalue weighted by Gasteiger charge is -2.25. The quantitative estimate of drug-likeness (QED) is 0.788. The number of nitrogens with one attached hydrogen (secondary N) is 1. The second-order valence-electron chi connectivity index (χ2n) is 5.21. The van der Waals surface area contributed by atoms with Crippen LogP contribution < -0.4 is 5.32 Å². The summed E-state index contributed by atoms with van der Waals surface area (Å²) in [5.74, 6) is -5.05. The van der Waals surface area contributed by atoms with Crippen LogP contribution in [0, 0.1) is 5.82 Å². The van der Waals surface area contributed by atoms with E-state index in [4.69, 9.17) is 0 Å². The lowest BCUT2D eigenvalue weighted by molar-refractivity contribution is -0.156. The van der Waals surface area contributed by atoms with Gasteiger partial charge in [0.25, 0.3) is 0 Å². The van der Waals surface area contributed by atoms with Crippen molar-refractivity contribution < 1.29 is 32.3 Å². The van der Waals surface area contributed by atoms with Crippen molar-refractivity contribution in [2.24, 2.45) is 0 Å². The number of aromatic carboxylic acids is 1. The fraction of sp³-hybridized carbons (Fsp3) is 0.200. The Balaban J connectivity index is 2.28. The van der Waals surface area contributed by atoms with Gasteiger partial charge in [-0.2, -0.15) is 13.2 Å². The summed E-state index contributed by atoms with van der Waals surface area (Å²) in [4.78, 5) is 22.5. The summed E-state index contributed by atoms with van der Waals surface area (Å²) in [5, 5.41) is 11.6. The second kappa shape index (κ2) is 5.59. The minimum absolute atomic E-state index is 0.0908. The number of anilines is 1. The number of carboxylic acid groups (broad SMARTS) is 1. The lowest BCUT2D eigenvalue weighted by Crippen LogP contribution is -2.30. The van der Waals surface area contributed by atoms with E-state index >= 15 is 0 Å². The van der Waals surface area contributed by atoms with Gasteiger partial charge < -0.3 is 10.4 Å². The molecule has 4 nitrogen and oxygen atoms in total. The van der Waals surface area contributed by atoms with Gasteiger partial charge in [-0.1, -0.05) is 12.1 Å². The summed E-state index contributed by atoms with van der Waals surface area (Å²) in [5.41, 5.74) is -0.223. The first kappa shape index (κ1) is 16.4. The molecule has 0 radical (unpaired) electrons. The number of hydrogen-bond donors (Lipinski definition) is 2. The third-order valence-corrected chi connectivity index (χ3v) is 4.90. The number of carbonyl (C=O) groups excluding carboxylic acids is 1. The van der Waals surface area contributed by atoms with Gasteiger partial charge >= 0.3 is 12.1 Å². The molecule has 1 aliphatic heterocycles. The number of carbonyl (C=O) groups is 2. The molecular weight excluding hydrogens is 350 g/mol. The van der Waals surface area contributed by atoms with E-state index in [0.29, 0.717) is 11.3 Å². The molecule has 0 bridgehead atoms. The number of amides is 1. The topological polar surface area (TPSA) is 66.4 Å². The highest BCUT2D eigenvalue weighted by Gasteiger charge is 2.47. The summed E-state index contributed by atoms with van der Waals surface area (Å²) < 4.78 is 53.1. The molecule has 0 fully saturated rings.